The number of halogens is 1. The van der Waals surface area contributed by atoms with Crippen LogP contribution in [0.25, 0.3) is 0 Å². The van der Waals surface area contributed by atoms with Crippen molar-refractivity contribution in [1.29, 1.82) is 5.26 Å². The molecular formula is C7H15AsINO. The van der Waals surface area contributed by atoms with Gasteiger partial charge in [0, 0.05) is 0 Å². The molecule has 0 atom stereocenters. The molecule has 0 heterocycles. The van der Waals surface area contributed by atoms with E-state index in [0.29, 0.717) is 13.0 Å². The molecule has 0 amide bonds. The molecule has 0 radical (unpaired) electrons. The van der Waals surface area contributed by atoms with E-state index in [1.807, 2.05) is 0 Å². The van der Waals surface area contributed by atoms with E-state index in [0.717, 1.165) is 10.4 Å². The number of nitrogens with zero attached hydrogens (tertiary/aromatic N) is 1. The van der Waals surface area contributed by atoms with Crippen molar-refractivity contribution in [1.82, 2.24) is 0 Å². The maximum absolute atomic E-state index is 8.66. The quantitative estimate of drug-likeness (QED) is 0.509. The first kappa shape index (κ1) is 14.3. The minimum absolute atomic E-state index is 0. The average Bonchev–Trinajstić information content (AvgIpc) is 1.84. The number of hydrogen-bond acceptors (Lipinski definition) is 2. The second-order valence-corrected chi connectivity index (χ2v) is 13.0. The maximum atomic E-state index is 8.66. The minimum Gasteiger partial charge on any atom is -1.00 e. The molecule has 0 aromatic carbocycles. The third kappa shape index (κ3) is 8.65. The van der Waals surface area contributed by atoms with Crippen molar-refractivity contribution in [3.63, 3.8) is 0 Å². The number of aliphatic hydroxyl groups excluding tert-OH is 1. The maximum Gasteiger partial charge on any atom is -1.00 e. The van der Waals surface area contributed by atoms with Crippen molar-refractivity contribution < 1.29 is 29.1 Å². The Morgan fingerprint density at radius 3 is 2.27 bits per heavy atom. The molecule has 0 fully saturated rings. The molecule has 0 unspecified atom stereocenters. The molecule has 0 aliphatic carbocycles. The van der Waals surface area contributed by atoms with E-state index in [1.54, 1.807) is 0 Å². The van der Waals surface area contributed by atoms with Crippen molar-refractivity contribution in [3.05, 3.63) is 0 Å². The molecule has 0 bridgehead atoms. The molecule has 0 aliphatic rings. The molecule has 0 aromatic rings. The Hall–Kier alpha value is 0.738. The van der Waals surface area contributed by atoms with Gasteiger partial charge in [-0.2, -0.15) is 0 Å². The van der Waals surface area contributed by atoms with Gasteiger partial charge in [-0.05, 0) is 0 Å². The van der Waals surface area contributed by atoms with E-state index in [4.69, 9.17) is 10.4 Å². The number of rotatable bonds is 4. The van der Waals surface area contributed by atoms with Gasteiger partial charge in [0.1, 0.15) is 0 Å². The minimum atomic E-state index is -1.51. The summed E-state index contributed by atoms with van der Waals surface area (Å²) >= 11 is -1.51. The van der Waals surface area contributed by atoms with Crippen LogP contribution in [0.5, 0.6) is 0 Å². The van der Waals surface area contributed by atoms with Crippen LogP contribution < -0.4 is 24.0 Å². The topological polar surface area (TPSA) is 44.0 Å². The van der Waals surface area contributed by atoms with Crippen molar-refractivity contribution in [2.75, 3.05) is 6.61 Å². The van der Waals surface area contributed by atoms with Crippen molar-refractivity contribution in [2.24, 2.45) is 0 Å². The third-order valence-corrected chi connectivity index (χ3v) is 7.50. The van der Waals surface area contributed by atoms with Gasteiger partial charge in [-0.1, -0.05) is 0 Å². The van der Waals surface area contributed by atoms with Gasteiger partial charge in [0.15, 0.2) is 0 Å². The third-order valence-electron chi connectivity index (χ3n) is 1.53. The van der Waals surface area contributed by atoms with Gasteiger partial charge in [-0.15, -0.1) is 0 Å². The van der Waals surface area contributed by atoms with E-state index in [2.05, 4.69) is 17.5 Å². The largest absolute Gasteiger partial charge is 1.00 e. The van der Waals surface area contributed by atoms with E-state index in [1.165, 1.54) is 0 Å². The Labute approximate surface area is 88.5 Å². The summed E-state index contributed by atoms with van der Waals surface area (Å²) in [4.78, 5) is 0. The fourth-order valence-corrected chi connectivity index (χ4v) is 3.82. The zero-order valence-electron chi connectivity index (χ0n) is 7.05. The van der Waals surface area contributed by atoms with E-state index >= 15 is 0 Å². The summed E-state index contributed by atoms with van der Waals surface area (Å²) in [6, 6.07) is 2.14. The van der Waals surface area contributed by atoms with Crippen LogP contribution in [0.15, 0.2) is 0 Å². The van der Waals surface area contributed by atoms with Crippen molar-refractivity contribution >= 4 is 13.6 Å². The molecule has 0 aliphatic heterocycles. The predicted molar refractivity (Wildman–Crippen MR) is 44.4 cm³/mol. The number of aliphatic hydroxyl groups is 1. The molecule has 66 valence electrons. The molecule has 11 heavy (non-hydrogen) atoms. The zero-order chi connectivity index (χ0) is 8.04. The zero-order valence-corrected chi connectivity index (χ0v) is 11.1. The van der Waals surface area contributed by atoms with Crippen LogP contribution in [0.4, 0.5) is 0 Å². The van der Waals surface area contributed by atoms with Gasteiger partial charge in [0.2, 0.25) is 0 Å². The van der Waals surface area contributed by atoms with Crippen LogP contribution in [-0.4, -0.2) is 25.3 Å². The Kier molecular flexibility index (Phi) is 9.59. The SMILES string of the molecule is C[As+](C)(CCO)CCC#N.[I-]. The smallest absolute Gasteiger partial charge is 1.00 e. The van der Waals surface area contributed by atoms with E-state index in [-0.39, 0.29) is 24.0 Å². The van der Waals surface area contributed by atoms with Crippen molar-refractivity contribution in [2.45, 2.75) is 28.3 Å². The normalized spacial score (nSPS) is 10.0. The number of nitriles is 1. The van der Waals surface area contributed by atoms with Crippen LogP contribution in [-0.2, 0) is 0 Å². The van der Waals surface area contributed by atoms with E-state index < -0.39 is 13.6 Å². The predicted octanol–water partition coefficient (Wildman–Crippen LogP) is -1.40. The van der Waals surface area contributed by atoms with Crippen LogP contribution in [0.1, 0.15) is 6.42 Å². The summed E-state index contributed by atoms with van der Waals surface area (Å²) in [6.07, 6.45) is 0.667. The van der Waals surface area contributed by atoms with Crippen molar-refractivity contribution in [3.8, 4) is 6.07 Å². The summed E-state index contributed by atoms with van der Waals surface area (Å²) in [6.45, 7) is 0.297. The second kappa shape index (κ2) is 7.39. The molecule has 1 N–H and O–H groups in total. The second-order valence-electron chi connectivity index (χ2n) is 3.01. The van der Waals surface area contributed by atoms with Gasteiger partial charge in [0.25, 0.3) is 0 Å². The Morgan fingerprint density at radius 1 is 1.36 bits per heavy atom. The standard InChI is InChI=1S/C7H15AsNO.HI/c1-8(2,5-7-10)4-3-6-9;/h10H,3-5,7H2,1-2H3;1H/q+1;/p-1. The van der Waals surface area contributed by atoms with E-state index in [9.17, 15) is 0 Å². The molecule has 0 saturated heterocycles. The molecule has 4 heteroatoms. The van der Waals surface area contributed by atoms with Crippen LogP contribution in [0.3, 0.4) is 0 Å². The summed E-state index contributed by atoms with van der Waals surface area (Å²) in [5, 5.41) is 19.0. The molecule has 0 aromatic heterocycles. The van der Waals surface area contributed by atoms with Gasteiger partial charge >= 0.3 is 64.9 Å². The summed E-state index contributed by atoms with van der Waals surface area (Å²) in [5.74, 6) is 0. The van der Waals surface area contributed by atoms with Crippen LogP contribution in [0, 0.1) is 11.3 Å². The van der Waals surface area contributed by atoms with Gasteiger partial charge < -0.3 is 24.0 Å². The summed E-state index contributed by atoms with van der Waals surface area (Å²) < 4.78 is 0. The molecule has 0 spiro atoms. The first-order chi connectivity index (χ1) is 4.62. The summed E-state index contributed by atoms with van der Waals surface area (Å²) in [5.41, 5.74) is 4.48. The molecular weight excluding hydrogens is 316 g/mol. The van der Waals surface area contributed by atoms with Crippen LogP contribution in [0.2, 0.25) is 21.8 Å². The molecule has 2 nitrogen and oxygen atoms in total. The van der Waals surface area contributed by atoms with Gasteiger partial charge in [0.05, 0.1) is 0 Å². The Bertz CT molecular complexity index is 133. The average molecular weight is 331 g/mol. The van der Waals surface area contributed by atoms with Gasteiger partial charge in [-0.25, -0.2) is 0 Å². The first-order valence-electron chi connectivity index (χ1n) is 3.42. The summed E-state index contributed by atoms with van der Waals surface area (Å²) in [7, 11) is 0. The molecule has 0 rings (SSSR count). The first-order valence-corrected chi connectivity index (χ1v) is 9.83. The monoisotopic (exact) mass is 331 g/mol. The van der Waals surface area contributed by atoms with Crippen LogP contribution >= 0.6 is 0 Å². The Balaban J connectivity index is 0. The van der Waals surface area contributed by atoms with Gasteiger partial charge in [-0.3, -0.25) is 0 Å². The molecule has 0 saturated carbocycles. The fourth-order valence-electron chi connectivity index (χ4n) is 0.735. The fraction of sp³-hybridized carbons (Fsp3) is 0.857. The Morgan fingerprint density at radius 2 is 1.91 bits per heavy atom. The number of hydrogen-bond donors (Lipinski definition) is 1.